The third kappa shape index (κ3) is 6.59. The molecule has 0 saturated heterocycles. The van der Waals surface area contributed by atoms with Gasteiger partial charge in [-0.15, -0.1) is 0 Å². The molecule has 1 aromatic carbocycles. The molecule has 1 aromatic heterocycles. The van der Waals surface area contributed by atoms with Gasteiger partial charge in [-0.1, -0.05) is 39.0 Å². The highest BCUT2D eigenvalue weighted by molar-refractivity contribution is 5.96. The first-order valence-electron chi connectivity index (χ1n) is 10.1. The molecule has 0 saturated carbocycles. The molecule has 0 aliphatic rings. The summed E-state index contributed by atoms with van der Waals surface area (Å²) in [4.78, 5) is 30.9. The fourth-order valence-electron chi connectivity index (χ4n) is 2.90. The van der Waals surface area contributed by atoms with Crippen LogP contribution in [-0.4, -0.2) is 36.4 Å². The number of aromatic nitrogens is 1. The number of hydrogen-bond acceptors (Lipinski definition) is 4. The average molecular weight is 397 g/mol. The van der Waals surface area contributed by atoms with E-state index in [0.717, 1.165) is 30.0 Å². The highest BCUT2D eigenvalue weighted by atomic mass is 16.2. The Hall–Kier alpha value is -2.89. The van der Waals surface area contributed by atoms with Crippen molar-refractivity contribution in [2.24, 2.45) is 0 Å². The zero-order valence-electron chi connectivity index (χ0n) is 18.1. The topological polar surface area (TPSA) is 74.3 Å². The molecular formula is C23H32N4O2. The van der Waals surface area contributed by atoms with E-state index in [4.69, 9.17) is 0 Å². The Balaban J connectivity index is 1.80. The maximum Gasteiger partial charge on any atom is 0.251 e. The molecule has 2 amide bonds. The minimum absolute atomic E-state index is 0.0350. The van der Waals surface area contributed by atoms with Crippen LogP contribution in [0.1, 0.15) is 56.1 Å². The van der Waals surface area contributed by atoms with E-state index in [9.17, 15) is 9.59 Å². The molecule has 2 aromatic rings. The van der Waals surface area contributed by atoms with Gasteiger partial charge >= 0.3 is 0 Å². The number of amides is 2. The van der Waals surface area contributed by atoms with E-state index < -0.39 is 0 Å². The van der Waals surface area contributed by atoms with Crippen LogP contribution in [0.15, 0.2) is 42.6 Å². The number of nitrogens with one attached hydrogen (secondary N) is 2. The van der Waals surface area contributed by atoms with Gasteiger partial charge in [0.2, 0.25) is 5.91 Å². The van der Waals surface area contributed by atoms with E-state index >= 15 is 0 Å². The van der Waals surface area contributed by atoms with Crippen LogP contribution in [0.2, 0.25) is 0 Å². The first-order chi connectivity index (χ1) is 13.7. The average Bonchev–Trinajstić information content (AvgIpc) is 2.71. The van der Waals surface area contributed by atoms with Crippen molar-refractivity contribution < 1.29 is 9.59 Å². The van der Waals surface area contributed by atoms with Crippen molar-refractivity contribution in [3.05, 3.63) is 59.3 Å². The van der Waals surface area contributed by atoms with Crippen molar-refractivity contribution in [1.82, 2.24) is 15.6 Å². The van der Waals surface area contributed by atoms with Gasteiger partial charge in [0, 0.05) is 31.4 Å². The summed E-state index contributed by atoms with van der Waals surface area (Å²) in [6, 6.07) is 11.4. The molecule has 2 N–H and O–H groups in total. The molecule has 29 heavy (non-hydrogen) atoms. The number of nitrogens with zero attached hydrogens (tertiary/aromatic N) is 2. The molecule has 0 spiro atoms. The number of carbonyl (C=O) groups is 2. The molecule has 6 nitrogen and oxygen atoms in total. The quantitative estimate of drug-likeness (QED) is 0.718. The van der Waals surface area contributed by atoms with E-state index in [1.807, 2.05) is 24.3 Å². The predicted octanol–water partition coefficient (Wildman–Crippen LogP) is 3.27. The normalized spacial score (nSPS) is 11.1. The maximum atomic E-state index is 12.2. The van der Waals surface area contributed by atoms with Crippen molar-refractivity contribution >= 4 is 17.6 Å². The van der Waals surface area contributed by atoms with Crippen LogP contribution in [-0.2, 0) is 16.8 Å². The number of rotatable bonds is 8. The van der Waals surface area contributed by atoms with Crippen LogP contribution in [0, 0.1) is 0 Å². The maximum absolute atomic E-state index is 12.2. The second kappa shape index (κ2) is 10.0. The Labute approximate surface area is 173 Å². The molecule has 0 unspecified atom stereocenters. The van der Waals surface area contributed by atoms with Gasteiger partial charge in [-0.05, 0) is 48.6 Å². The van der Waals surface area contributed by atoms with Crippen molar-refractivity contribution in [2.75, 3.05) is 24.5 Å². The lowest BCUT2D eigenvalue weighted by molar-refractivity contribution is -0.120. The lowest BCUT2D eigenvalue weighted by Gasteiger charge is -2.19. The minimum atomic E-state index is -0.258. The van der Waals surface area contributed by atoms with Gasteiger partial charge < -0.3 is 15.5 Å². The number of hydrogen-bond donors (Lipinski definition) is 2. The SMILES string of the molecule is CCN(CC)c1ccc(CNC(=O)CNC(=O)c2ccc(C(C)(C)C)cc2)cn1. The standard InChI is InChI=1S/C23H32N4O2/c1-6-27(7-2)20-13-8-17(14-24-20)15-25-21(28)16-26-22(29)18-9-11-19(12-10-18)23(3,4)5/h8-14H,6-7,15-16H2,1-5H3,(H,25,28)(H,26,29). The van der Waals surface area contributed by atoms with Gasteiger partial charge in [0.1, 0.15) is 5.82 Å². The Morgan fingerprint density at radius 3 is 2.14 bits per heavy atom. The number of benzene rings is 1. The summed E-state index contributed by atoms with van der Waals surface area (Å²) < 4.78 is 0. The molecule has 2 rings (SSSR count). The molecule has 0 aliphatic carbocycles. The van der Waals surface area contributed by atoms with Crippen LogP contribution < -0.4 is 15.5 Å². The third-order valence-corrected chi connectivity index (χ3v) is 4.81. The molecule has 0 atom stereocenters. The molecule has 0 aliphatic heterocycles. The second-order valence-corrected chi connectivity index (χ2v) is 7.98. The fraction of sp³-hybridized carbons (Fsp3) is 0.435. The number of carbonyl (C=O) groups excluding carboxylic acids is 2. The van der Waals surface area contributed by atoms with E-state index in [1.165, 1.54) is 0 Å². The lowest BCUT2D eigenvalue weighted by atomic mass is 9.87. The number of anilines is 1. The van der Waals surface area contributed by atoms with Crippen LogP contribution >= 0.6 is 0 Å². The van der Waals surface area contributed by atoms with Crippen molar-refractivity contribution in [3.8, 4) is 0 Å². The second-order valence-electron chi connectivity index (χ2n) is 7.98. The Morgan fingerprint density at radius 2 is 1.62 bits per heavy atom. The highest BCUT2D eigenvalue weighted by Gasteiger charge is 2.14. The first kappa shape index (κ1) is 22.4. The van der Waals surface area contributed by atoms with Gasteiger partial charge in [0.05, 0.1) is 6.54 Å². The van der Waals surface area contributed by atoms with E-state index in [1.54, 1.807) is 18.3 Å². The summed E-state index contributed by atoms with van der Waals surface area (Å²) in [6.07, 6.45) is 1.77. The molecule has 0 radical (unpaired) electrons. The zero-order valence-corrected chi connectivity index (χ0v) is 18.1. The van der Waals surface area contributed by atoms with Crippen molar-refractivity contribution in [1.29, 1.82) is 0 Å². The van der Waals surface area contributed by atoms with E-state index in [2.05, 4.69) is 55.1 Å². The van der Waals surface area contributed by atoms with Gasteiger partial charge in [-0.3, -0.25) is 9.59 Å². The van der Waals surface area contributed by atoms with Gasteiger partial charge in [-0.25, -0.2) is 4.98 Å². The summed E-state index contributed by atoms with van der Waals surface area (Å²) in [6.45, 7) is 12.7. The summed E-state index contributed by atoms with van der Waals surface area (Å²) in [5.41, 5.74) is 2.65. The monoisotopic (exact) mass is 396 g/mol. The van der Waals surface area contributed by atoms with Crippen molar-refractivity contribution in [3.63, 3.8) is 0 Å². The lowest BCUT2D eigenvalue weighted by Crippen LogP contribution is -2.36. The van der Waals surface area contributed by atoms with Crippen LogP contribution in [0.3, 0.4) is 0 Å². The smallest absolute Gasteiger partial charge is 0.251 e. The molecule has 156 valence electrons. The Morgan fingerprint density at radius 1 is 0.966 bits per heavy atom. The summed E-state index contributed by atoms with van der Waals surface area (Å²) in [5, 5.41) is 5.46. The van der Waals surface area contributed by atoms with Gasteiger partial charge in [-0.2, -0.15) is 0 Å². The van der Waals surface area contributed by atoms with Crippen LogP contribution in [0.4, 0.5) is 5.82 Å². The van der Waals surface area contributed by atoms with E-state index in [0.29, 0.717) is 12.1 Å². The summed E-state index contributed by atoms with van der Waals surface area (Å²) in [5.74, 6) is 0.429. The third-order valence-electron chi connectivity index (χ3n) is 4.81. The summed E-state index contributed by atoms with van der Waals surface area (Å²) >= 11 is 0. The highest BCUT2D eigenvalue weighted by Crippen LogP contribution is 2.22. The minimum Gasteiger partial charge on any atom is -0.357 e. The molecule has 6 heteroatoms. The molecule has 0 fully saturated rings. The molecule has 1 heterocycles. The van der Waals surface area contributed by atoms with Crippen LogP contribution in [0.5, 0.6) is 0 Å². The Bertz CT molecular complexity index is 804. The first-order valence-corrected chi connectivity index (χ1v) is 10.1. The van der Waals surface area contributed by atoms with Crippen molar-refractivity contribution in [2.45, 2.75) is 46.6 Å². The largest absolute Gasteiger partial charge is 0.357 e. The molecular weight excluding hydrogens is 364 g/mol. The fourth-order valence-corrected chi connectivity index (χ4v) is 2.90. The van der Waals surface area contributed by atoms with E-state index in [-0.39, 0.29) is 23.8 Å². The van der Waals surface area contributed by atoms with Gasteiger partial charge in [0.15, 0.2) is 0 Å². The summed E-state index contributed by atoms with van der Waals surface area (Å²) in [7, 11) is 0. The van der Waals surface area contributed by atoms with Crippen LogP contribution in [0.25, 0.3) is 0 Å². The number of pyridine rings is 1. The predicted molar refractivity (Wildman–Crippen MR) is 117 cm³/mol. The Kier molecular flexibility index (Phi) is 7.76. The zero-order chi connectivity index (χ0) is 21.4. The molecule has 0 bridgehead atoms. The van der Waals surface area contributed by atoms with Gasteiger partial charge in [0.25, 0.3) is 5.91 Å².